The number of hydrogen-bond acceptors (Lipinski definition) is 6. The molecule has 1 aromatic carbocycles. The Labute approximate surface area is 123 Å². The number of anilines is 1. The largest absolute Gasteiger partial charge is 0.356 e. The number of nitro groups is 1. The monoisotopic (exact) mass is 315 g/mol. The molecular formula is C12H17N3O5S. The highest BCUT2D eigenvalue weighted by molar-refractivity contribution is 7.88. The zero-order valence-corrected chi connectivity index (χ0v) is 12.6. The number of morpholine rings is 1. The first-order valence-corrected chi connectivity index (χ1v) is 8.18. The molecule has 21 heavy (non-hydrogen) atoms. The summed E-state index contributed by atoms with van der Waals surface area (Å²) in [6.07, 6.45) is 0.579. The lowest BCUT2D eigenvalue weighted by molar-refractivity contribution is -0.384. The van der Waals surface area contributed by atoms with Crippen molar-refractivity contribution in [2.45, 2.75) is 6.23 Å². The molecule has 0 spiro atoms. The maximum absolute atomic E-state index is 11.6. The van der Waals surface area contributed by atoms with Gasteiger partial charge in [-0.3, -0.25) is 10.1 Å². The summed E-state index contributed by atoms with van der Waals surface area (Å²) in [5, 5.41) is 11.1. The molecule has 8 nitrogen and oxygen atoms in total. The number of benzene rings is 1. The van der Waals surface area contributed by atoms with Gasteiger partial charge < -0.3 is 9.64 Å². The number of ether oxygens (including phenoxy) is 1. The van der Waals surface area contributed by atoms with E-state index in [1.54, 1.807) is 30.1 Å². The molecule has 1 unspecified atom stereocenters. The molecule has 1 saturated heterocycles. The summed E-state index contributed by atoms with van der Waals surface area (Å²) in [6.45, 7) is 0.685. The second-order valence-electron chi connectivity index (χ2n) is 4.80. The van der Waals surface area contributed by atoms with E-state index >= 15 is 0 Å². The minimum Gasteiger partial charge on any atom is -0.356 e. The molecule has 0 saturated carbocycles. The second kappa shape index (κ2) is 5.96. The van der Waals surface area contributed by atoms with Crippen LogP contribution in [0.25, 0.3) is 0 Å². The van der Waals surface area contributed by atoms with E-state index in [1.807, 2.05) is 0 Å². The van der Waals surface area contributed by atoms with Crippen molar-refractivity contribution in [3.05, 3.63) is 34.4 Å². The summed E-state index contributed by atoms with van der Waals surface area (Å²) in [4.78, 5) is 12.2. The molecular weight excluding hydrogens is 298 g/mol. The van der Waals surface area contributed by atoms with Crippen molar-refractivity contribution in [3.8, 4) is 0 Å². The molecule has 0 radical (unpaired) electrons. The maximum Gasteiger partial charge on any atom is 0.292 e. The Kier molecular flexibility index (Phi) is 4.45. The second-order valence-corrected chi connectivity index (χ2v) is 6.79. The predicted octanol–water partition coefficient (Wildman–Crippen LogP) is 0.649. The van der Waals surface area contributed by atoms with Crippen LogP contribution < -0.4 is 4.90 Å². The fourth-order valence-corrected chi connectivity index (χ4v) is 3.02. The Bertz CT molecular complexity index is 634. The third kappa shape index (κ3) is 3.49. The molecule has 1 aliphatic rings. The van der Waals surface area contributed by atoms with E-state index in [0.29, 0.717) is 12.2 Å². The van der Waals surface area contributed by atoms with E-state index < -0.39 is 21.2 Å². The van der Waals surface area contributed by atoms with Crippen molar-refractivity contribution in [1.29, 1.82) is 0 Å². The van der Waals surface area contributed by atoms with Crippen LogP contribution in [0, 0.1) is 10.1 Å². The molecule has 116 valence electrons. The van der Waals surface area contributed by atoms with Gasteiger partial charge in [0.15, 0.2) is 0 Å². The highest BCUT2D eigenvalue weighted by Crippen LogP contribution is 2.29. The molecule has 0 N–H and O–H groups in total. The highest BCUT2D eigenvalue weighted by Gasteiger charge is 2.31. The van der Waals surface area contributed by atoms with Gasteiger partial charge in [0.1, 0.15) is 11.9 Å². The minimum absolute atomic E-state index is 0.0416. The third-order valence-electron chi connectivity index (χ3n) is 3.37. The number of rotatable bonds is 4. The first-order chi connectivity index (χ1) is 9.80. The lowest BCUT2D eigenvalue weighted by atomic mass is 10.2. The van der Waals surface area contributed by atoms with Crippen LogP contribution in [0.4, 0.5) is 11.4 Å². The summed E-state index contributed by atoms with van der Waals surface area (Å²) in [5.74, 6) is 0. The molecule has 0 amide bonds. The quantitative estimate of drug-likeness (QED) is 0.598. The van der Waals surface area contributed by atoms with Crippen LogP contribution in [0.2, 0.25) is 0 Å². The van der Waals surface area contributed by atoms with E-state index in [4.69, 9.17) is 4.74 Å². The fourth-order valence-electron chi connectivity index (χ4n) is 2.22. The van der Waals surface area contributed by atoms with E-state index in [9.17, 15) is 18.5 Å². The van der Waals surface area contributed by atoms with E-state index in [1.165, 1.54) is 10.4 Å². The number of nitrogens with zero attached hydrogens (tertiary/aromatic N) is 3. The van der Waals surface area contributed by atoms with Crippen molar-refractivity contribution >= 4 is 21.4 Å². The Morgan fingerprint density at radius 2 is 2.10 bits per heavy atom. The summed E-state index contributed by atoms with van der Waals surface area (Å²) in [6, 6.07) is 6.29. The first-order valence-electron chi connectivity index (χ1n) is 6.33. The topological polar surface area (TPSA) is 93.0 Å². The standard InChI is InChI=1S/C12H17N3O5S/c1-13(10-5-3-4-6-11(10)15(16)17)12-9-14(7-8-20-12)21(2,18)19/h3-6,12H,7-9H2,1-2H3. The summed E-state index contributed by atoms with van der Waals surface area (Å²) in [7, 11) is -1.66. The SMILES string of the molecule is CN(c1ccccc1[N+](=O)[O-])C1CN(S(C)(=O)=O)CCO1. The van der Waals surface area contributed by atoms with Gasteiger partial charge in [-0.25, -0.2) is 8.42 Å². The van der Waals surface area contributed by atoms with Crippen LogP contribution in [0.3, 0.4) is 0 Å². The number of para-hydroxylation sites is 2. The van der Waals surface area contributed by atoms with Crippen LogP contribution in [0.1, 0.15) is 0 Å². The summed E-state index contributed by atoms with van der Waals surface area (Å²) < 4.78 is 30.1. The molecule has 1 atom stereocenters. The Hall–Kier alpha value is -1.71. The smallest absolute Gasteiger partial charge is 0.292 e. The number of nitro benzene ring substituents is 1. The number of sulfonamides is 1. The maximum atomic E-state index is 11.6. The van der Waals surface area contributed by atoms with Gasteiger partial charge in [0, 0.05) is 19.7 Å². The lowest BCUT2D eigenvalue weighted by Crippen LogP contribution is -2.51. The molecule has 0 bridgehead atoms. The van der Waals surface area contributed by atoms with Crippen molar-refractivity contribution in [3.63, 3.8) is 0 Å². The Balaban J connectivity index is 2.24. The van der Waals surface area contributed by atoms with E-state index in [-0.39, 0.29) is 18.8 Å². The van der Waals surface area contributed by atoms with Crippen molar-refractivity contribution in [2.24, 2.45) is 0 Å². The Morgan fingerprint density at radius 3 is 2.71 bits per heavy atom. The summed E-state index contributed by atoms with van der Waals surface area (Å²) in [5.41, 5.74) is 0.350. The summed E-state index contributed by atoms with van der Waals surface area (Å²) >= 11 is 0. The van der Waals surface area contributed by atoms with Crippen molar-refractivity contribution < 1.29 is 18.1 Å². The average Bonchev–Trinajstić information content (AvgIpc) is 2.45. The first kappa shape index (κ1) is 15.7. The highest BCUT2D eigenvalue weighted by atomic mass is 32.2. The van der Waals surface area contributed by atoms with Gasteiger partial charge in [-0.2, -0.15) is 4.31 Å². The lowest BCUT2D eigenvalue weighted by Gasteiger charge is -2.37. The normalized spacial score (nSPS) is 20.2. The molecule has 2 rings (SSSR count). The number of likely N-dealkylation sites (N-methyl/N-ethyl adjacent to an activating group) is 1. The minimum atomic E-state index is -3.31. The van der Waals surface area contributed by atoms with Gasteiger partial charge in [0.25, 0.3) is 5.69 Å². The van der Waals surface area contributed by atoms with Gasteiger partial charge in [-0.1, -0.05) is 12.1 Å². The van der Waals surface area contributed by atoms with Gasteiger partial charge in [-0.15, -0.1) is 0 Å². The molecule has 1 aromatic rings. The van der Waals surface area contributed by atoms with Gasteiger partial charge in [0.05, 0.1) is 24.3 Å². The molecule has 1 aliphatic heterocycles. The van der Waals surface area contributed by atoms with Gasteiger partial charge in [0.2, 0.25) is 10.0 Å². The zero-order chi connectivity index (χ0) is 15.6. The fraction of sp³-hybridized carbons (Fsp3) is 0.500. The van der Waals surface area contributed by atoms with Crippen LogP contribution in [0.15, 0.2) is 24.3 Å². The zero-order valence-electron chi connectivity index (χ0n) is 11.8. The van der Waals surface area contributed by atoms with Crippen LogP contribution in [0.5, 0.6) is 0 Å². The molecule has 9 heteroatoms. The molecule has 0 aliphatic carbocycles. The Morgan fingerprint density at radius 1 is 1.43 bits per heavy atom. The molecule has 1 fully saturated rings. The van der Waals surface area contributed by atoms with Gasteiger partial charge in [-0.05, 0) is 6.07 Å². The van der Waals surface area contributed by atoms with Crippen LogP contribution >= 0.6 is 0 Å². The van der Waals surface area contributed by atoms with Crippen molar-refractivity contribution in [2.75, 3.05) is 37.9 Å². The average molecular weight is 315 g/mol. The van der Waals surface area contributed by atoms with Crippen LogP contribution in [-0.4, -0.2) is 56.9 Å². The predicted molar refractivity (Wildman–Crippen MR) is 77.7 cm³/mol. The third-order valence-corrected chi connectivity index (χ3v) is 4.64. The molecule has 1 heterocycles. The van der Waals surface area contributed by atoms with E-state index in [0.717, 1.165) is 6.26 Å². The number of hydrogen-bond donors (Lipinski definition) is 0. The van der Waals surface area contributed by atoms with Crippen LogP contribution in [-0.2, 0) is 14.8 Å². The van der Waals surface area contributed by atoms with Crippen molar-refractivity contribution in [1.82, 2.24) is 4.31 Å². The van der Waals surface area contributed by atoms with E-state index in [2.05, 4.69) is 0 Å². The molecule has 0 aromatic heterocycles. The van der Waals surface area contributed by atoms with Gasteiger partial charge >= 0.3 is 0 Å².